The van der Waals surface area contributed by atoms with Crippen molar-refractivity contribution in [2.45, 2.75) is 33.4 Å². The normalized spacial score (nSPS) is 15.6. The molecule has 0 saturated carbocycles. The molecule has 1 aliphatic heterocycles. The molecule has 1 atom stereocenters. The summed E-state index contributed by atoms with van der Waals surface area (Å²) in [4.78, 5) is 22.1. The first kappa shape index (κ1) is 20.8. The fraction of sp³-hybridized carbons (Fsp3) is 0.250. The van der Waals surface area contributed by atoms with Crippen LogP contribution < -0.4 is 22.9 Å². The molecule has 0 aliphatic carbocycles. The number of fused-ring (bicyclic) bond motifs is 3. The molecule has 4 aromatic rings. The van der Waals surface area contributed by atoms with Gasteiger partial charge in [0.2, 0.25) is 0 Å². The maximum absolute atomic E-state index is 13.5. The van der Waals surface area contributed by atoms with Gasteiger partial charge in [0.15, 0.2) is 0 Å². The molecule has 4 nitrogen and oxygen atoms in total. The maximum Gasteiger partial charge on any atom is 0.267 e. The SMILES string of the molecule is Cc1ccccc1-n1c(C)nc2sc3c(c2c1=O)CC[NH+](Cc1ccccc1)C3.[Cl-]. The second-order valence-corrected chi connectivity index (χ2v) is 8.94. The first-order valence-electron chi connectivity index (χ1n) is 10.1. The lowest BCUT2D eigenvalue weighted by atomic mass is 10.0. The molecule has 0 fully saturated rings. The van der Waals surface area contributed by atoms with Crippen LogP contribution in [0.25, 0.3) is 15.9 Å². The lowest BCUT2D eigenvalue weighted by Gasteiger charge is -2.24. The van der Waals surface area contributed by atoms with Gasteiger partial charge in [-0.05, 0) is 31.0 Å². The number of aryl methyl sites for hydroxylation is 2. The van der Waals surface area contributed by atoms with Gasteiger partial charge in [-0.1, -0.05) is 48.5 Å². The quantitative estimate of drug-likeness (QED) is 0.497. The molecule has 30 heavy (non-hydrogen) atoms. The smallest absolute Gasteiger partial charge is 0.267 e. The summed E-state index contributed by atoms with van der Waals surface area (Å²) in [6.45, 7) is 7.01. The van der Waals surface area contributed by atoms with E-state index in [0.717, 1.165) is 53.3 Å². The molecule has 1 unspecified atom stereocenters. The van der Waals surface area contributed by atoms with Gasteiger partial charge in [-0.25, -0.2) is 4.98 Å². The molecule has 0 radical (unpaired) electrons. The third kappa shape index (κ3) is 3.58. The number of hydrogen-bond acceptors (Lipinski definition) is 3. The van der Waals surface area contributed by atoms with Crippen LogP contribution in [-0.2, 0) is 19.5 Å². The summed E-state index contributed by atoms with van der Waals surface area (Å²) in [6.07, 6.45) is 0.936. The van der Waals surface area contributed by atoms with Crippen LogP contribution in [0.5, 0.6) is 0 Å². The van der Waals surface area contributed by atoms with Crippen molar-refractivity contribution >= 4 is 21.6 Å². The summed E-state index contributed by atoms with van der Waals surface area (Å²) in [7, 11) is 0. The van der Waals surface area contributed by atoms with E-state index in [1.165, 1.54) is 16.0 Å². The van der Waals surface area contributed by atoms with Crippen LogP contribution in [-0.4, -0.2) is 16.1 Å². The van der Waals surface area contributed by atoms with Crippen LogP contribution in [0.1, 0.15) is 27.4 Å². The lowest BCUT2D eigenvalue weighted by Crippen LogP contribution is -3.10. The summed E-state index contributed by atoms with van der Waals surface area (Å²) >= 11 is 1.71. The van der Waals surface area contributed by atoms with Crippen LogP contribution in [0.15, 0.2) is 59.4 Å². The summed E-state index contributed by atoms with van der Waals surface area (Å²) in [5.41, 5.74) is 4.67. The van der Waals surface area contributed by atoms with E-state index in [9.17, 15) is 4.79 Å². The van der Waals surface area contributed by atoms with E-state index in [0.29, 0.717) is 0 Å². The molecule has 2 aromatic carbocycles. The van der Waals surface area contributed by atoms with Crippen molar-refractivity contribution < 1.29 is 17.3 Å². The molecule has 6 heteroatoms. The van der Waals surface area contributed by atoms with Gasteiger partial charge in [-0.15, -0.1) is 11.3 Å². The largest absolute Gasteiger partial charge is 1.00 e. The molecular formula is C24H24ClN3OS. The Morgan fingerprint density at radius 2 is 1.80 bits per heavy atom. The first-order chi connectivity index (χ1) is 14.1. The predicted octanol–water partition coefficient (Wildman–Crippen LogP) is 0.209. The zero-order chi connectivity index (χ0) is 20.0. The lowest BCUT2D eigenvalue weighted by molar-refractivity contribution is -0.929. The predicted molar refractivity (Wildman–Crippen MR) is 118 cm³/mol. The standard InChI is InChI=1S/C24H23N3OS.ClH/c1-16-8-6-7-11-20(16)27-17(2)25-23-22(24(27)28)19-12-13-26(15-21(19)29-23)14-18-9-4-3-5-10-18;/h3-11H,12-15H2,1-2H3;1H. The van der Waals surface area contributed by atoms with Gasteiger partial charge in [0.25, 0.3) is 5.56 Å². The average Bonchev–Trinajstić information content (AvgIpc) is 3.07. The zero-order valence-electron chi connectivity index (χ0n) is 17.1. The monoisotopic (exact) mass is 437 g/mol. The van der Waals surface area contributed by atoms with Crippen molar-refractivity contribution in [3.63, 3.8) is 0 Å². The van der Waals surface area contributed by atoms with Gasteiger partial charge in [0.1, 0.15) is 23.7 Å². The van der Waals surface area contributed by atoms with Crippen LogP contribution in [0.4, 0.5) is 0 Å². The van der Waals surface area contributed by atoms with Crippen molar-refractivity contribution in [1.82, 2.24) is 9.55 Å². The number of nitrogens with zero attached hydrogens (tertiary/aromatic N) is 2. The Hall–Kier alpha value is -2.47. The number of nitrogens with one attached hydrogen (secondary N) is 1. The van der Waals surface area contributed by atoms with Crippen molar-refractivity contribution in [3.05, 3.63) is 92.3 Å². The van der Waals surface area contributed by atoms with Gasteiger partial charge in [-0.3, -0.25) is 9.36 Å². The Morgan fingerprint density at radius 1 is 1.07 bits per heavy atom. The molecule has 5 rings (SSSR count). The number of halogens is 1. The number of aromatic nitrogens is 2. The van der Waals surface area contributed by atoms with Crippen molar-refractivity contribution in [2.75, 3.05) is 6.54 Å². The van der Waals surface area contributed by atoms with Crippen molar-refractivity contribution in [3.8, 4) is 5.69 Å². The molecule has 0 amide bonds. The van der Waals surface area contributed by atoms with Gasteiger partial charge < -0.3 is 17.3 Å². The molecule has 2 aromatic heterocycles. The van der Waals surface area contributed by atoms with Gasteiger partial charge in [-0.2, -0.15) is 0 Å². The highest BCUT2D eigenvalue weighted by Gasteiger charge is 2.27. The van der Waals surface area contributed by atoms with E-state index in [2.05, 4.69) is 30.3 Å². The number of para-hydroxylation sites is 1. The van der Waals surface area contributed by atoms with Crippen LogP contribution >= 0.6 is 11.3 Å². The van der Waals surface area contributed by atoms with Crippen LogP contribution in [0.3, 0.4) is 0 Å². The summed E-state index contributed by atoms with van der Waals surface area (Å²) in [5.74, 6) is 0.754. The molecule has 0 saturated heterocycles. The van der Waals surface area contributed by atoms with Crippen molar-refractivity contribution in [1.29, 1.82) is 0 Å². The highest BCUT2D eigenvalue weighted by molar-refractivity contribution is 7.18. The van der Waals surface area contributed by atoms with Gasteiger partial charge in [0.05, 0.1) is 22.5 Å². The first-order valence-corrected chi connectivity index (χ1v) is 10.9. The molecule has 3 heterocycles. The van der Waals surface area contributed by atoms with Crippen LogP contribution in [0.2, 0.25) is 0 Å². The second-order valence-electron chi connectivity index (χ2n) is 7.86. The van der Waals surface area contributed by atoms with E-state index >= 15 is 0 Å². The Bertz CT molecular complexity index is 1260. The molecular weight excluding hydrogens is 414 g/mol. The number of hydrogen-bond donors (Lipinski definition) is 1. The van der Waals surface area contributed by atoms with Crippen molar-refractivity contribution in [2.24, 2.45) is 0 Å². The second kappa shape index (κ2) is 8.34. The zero-order valence-corrected chi connectivity index (χ0v) is 18.7. The van der Waals surface area contributed by atoms with Gasteiger partial charge >= 0.3 is 0 Å². The summed E-state index contributed by atoms with van der Waals surface area (Å²) in [6, 6.07) is 18.7. The number of rotatable bonds is 3. The molecule has 0 bridgehead atoms. The molecule has 154 valence electrons. The van der Waals surface area contributed by atoms with E-state index in [1.807, 2.05) is 38.1 Å². The molecule has 1 N–H and O–H groups in total. The topological polar surface area (TPSA) is 39.3 Å². The third-order valence-electron chi connectivity index (χ3n) is 5.87. The minimum Gasteiger partial charge on any atom is -1.00 e. The summed E-state index contributed by atoms with van der Waals surface area (Å²) < 4.78 is 1.79. The highest BCUT2D eigenvalue weighted by Crippen LogP contribution is 2.30. The Labute approximate surface area is 186 Å². The highest BCUT2D eigenvalue weighted by atomic mass is 35.5. The number of thiophene rings is 1. The van der Waals surface area contributed by atoms with E-state index in [4.69, 9.17) is 4.98 Å². The van der Waals surface area contributed by atoms with Gasteiger partial charge in [0, 0.05) is 12.0 Å². The minimum atomic E-state index is 0. The van der Waals surface area contributed by atoms with E-state index < -0.39 is 0 Å². The fourth-order valence-corrected chi connectivity index (χ4v) is 5.74. The summed E-state index contributed by atoms with van der Waals surface area (Å²) in [5, 5.41) is 0.831. The van der Waals surface area contributed by atoms with E-state index in [-0.39, 0.29) is 18.0 Å². The van der Waals surface area contributed by atoms with Crippen LogP contribution in [0, 0.1) is 13.8 Å². The van der Waals surface area contributed by atoms with E-state index in [1.54, 1.807) is 20.8 Å². The number of quaternary nitrogens is 1. The Kier molecular flexibility index (Phi) is 5.78. The third-order valence-corrected chi connectivity index (χ3v) is 6.99. The molecule has 0 spiro atoms. The Morgan fingerprint density at radius 3 is 2.57 bits per heavy atom. The minimum absolute atomic E-state index is 0. The fourth-order valence-electron chi connectivity index (χ4n) is 4.41. The molecule has 1 aliphatic rings. The number of benzene rings is 2. The average molecular weight is 438 g/mol. The maximum atomic E-state index is 13.5. The Balaban J connectivity index is 0.00000218.